The number of carbonyl (C=O) groups is 1. The number of Topliss-reactive ketones (excluding diaryl/α,β-unsaturated/α-hetero) is 1. The predicted octanol–water partition coefficient (Wildman–Crippen LogP) is 2.75. The zero-order valence-corrected chi connectivity index (χ0v) is 7.52. The summed E-state index contributed by atoms with van der Waals surface area (Å²) in [5.41, 5.74) is -1.98. The molecule has 0 aromatic heterocycles. The van der Waals surface area contributed by atoms with Crippen LogP contribution in [0, 0.1) is 5.82 Å². The number of halogens is 4. The monoisotopic (exact) mass is 222 g/mol. The Bertz CT molecular complexity index is 409. The van der Waals surface area contributed by atoms with E-state index < -0.39 is 34.7 Å². The minimum atomic E-state index is -4.89. The number of benzene rings is 1. The van der Waals surface area contributed by atoms with E-state index in [-0.39, 0.29) is 0 Å². The number of phenols is 1. The lowest BCUT2D eigenvalue weighted by Crippen LogP contribution is -2.08. The Morgan fingerprint density at radius 1 is 1.33 bits per heavy atom. The third-order valence-electron chi connectivity index (χ3n) is 1.78. The van der Waals surface area contributed by atoms with Crippen molar-refractivity contribution >= 4 is 5.78 Å². The molecule has 0 heterocycles. The zero-order valence-electron chi connectivity index (χ0n) is 7.52. The molecule has 82 valence electrons. The van der Waals surface area contributed by atoms with E-state index >= 15 is 0 Å². The quantitative estimate of drug-likeness (QED) is 0.586. The number of ketones is 1. The second-order valence-corrected chi connectivity index (χ2v) is 2.91. The summed E-state index contributed by atoms with van der Waals surface area (Å²) in [4.78, 5) is 10.8. The Labute approximate surface area is 82.1 Å². The summed E-state index contributed by atoms with van der Waals surface area (Å²) < 4.78 is 49.5. The lowest BCUT2D eigenvalue weighted by atomic mass is 10.1. The minimum Gasteiger partial charge on any atom is -0.504 e. The van der Waals surface area contributed by atoms with E-state index in [1.807, 2.05) is 0 Å². The lowest BCUT2D eigenvalue weighted by molar-refractivity contribution is -0.139. The summed E-state index contributed by atoms with van der Waals surface area (Å²) in [6.07, 6.45) is -4.89. The van der Waals surface area contributed by atoms with Crippen LogP contribution in [0.3, 0.4) is 0 Å². The molecule has 1 aromatic carbocycles. The first-order chi connectivity index (χ1) is 6.73. The van der Waals surface area contributed by atoms with Crippen molar-refractivity contribution in [1.29, 1.82) is 0 Å². The summed E-state index contributed by atoms with van der Waals surface area (Å²) in [7, 11) is 0. The number of carbonyl (C=O) groups excluding carboxylic acids is 1. The molecule has 0 aliphatic carbocycles. The molecule has 0 saturated heterocycles. The number of phenolic OH excluding ortho intramolecular Hbond substituents is 1. The van der Waals surface area contributed by atoms with Crippen molar-refractivity contribution in [3.8, 4) is 5.75 Å². The van der Waals surface area contributed by atoms with E-state index in [0.717, 1.165) is 6.92 Å². The highest BCUT2D eigenvalue weighted by molar-refractivity contribution is 5.94. The average molecular weight is 222 g/mol. The number of hydrogen-bond acceptors (Lipinski definition) is 2. The fourth-order valence-corrected chi connectivity index (χ4v) is 1.02. The smallest absolute Gasteiger partial charge is 0.420 e. The molecular formula is C9H6F4O2. The molecule has 0 aliphatic rings. The van der Waals surface area contributed by atoms with E-state index in [9.17, 15) is 22.4 Å². The molecule has 0 unspecified atom stereocenters. The standard InChI is InChI=1S/C9H6F4O2/c1-4(14)5-2-6(9(11,12)13)8(15)7(10)3-5/h2-3,15H,1H3. The summed E-state index contributed by atoms with van der Waals surface area (Å²) in [6, 6.07) is 0.980. The molecule has 1 aromatic rings. The van der Waals surface area contributed by atoms with Crippen molar-refractivity contribution in [2.75, 3.05) is 0 Å². The van der Waals surface area contributed by atoms with Crippen LogP contribution in [0.4, 0.5) is 17.6 Å². The van der Waals surface area contributed by atoms with Gasteiger partial charge < -0.3 is 5.11 Å². The largest absolute Gasteiger partial charge is 0.504 e. The maximum absolute atomic E-state index is 12.8. The number of rotatable bonds is 1. The minimum absolute atomic E-state index is 0.417. The third kappa shape index (κ3) is 2.26. The maximum atomic E-state index is 12.8. The highest BCUT2D eigenvalue weighted by Gasteiger charge is 2.35. The van der Waals surface area contributed by atoms with Gasteiger partial charge >= 0.3 is 6.18 Å². The van der Waals surface area contributed by atoms with E-state index in [4.69, 9.17) is 5.11 Å². The molecular weight excluding hydrogens is 216 g/mol. The molecule has 0 atom stereocenters. The first kappa shape index (κ1) is 11.5. The molecule has 6 heteroatoms. The highest BCUT2D eigenvalue weighted by Crippen LogP contribution is 2.37. The van der Waals surface area contributed by atoms with Crippen LogP contribution in [-0.4, -0.2) is 10.9 Å². The second kappa shape index (κ2) is 3.52. The van der Waals surface area contributed by atoms with Crippen LogP contribution in [0.2, 0.25) is 0 Å². The summed E-state index contributed by atoms with van der Waals surface area (Å²) in [6.45, 7) is 1.01. The molecule has 1 rings (SSSR count). The van der Waals surface area contributed by atoms with Crippen molar-refractivity contribution in [2.24, 2.45) is 0 Å². The van der Waals surface area contributed by atoms with Gasteiger partial charge in [-0.2, -0.15) is 13.2 Å². The Morgan fingerprint density at radius 2 is 1.87 bits per heavy atom. The van der Waals surface area contributed by atoms with Gasteiger partial charge in [0.1, 0.15) is 5.56 Å². The van der Waals surface area contributed by atoms with Crippen LogP contribution in [0.25, 0.3) is 0 Å². The Morgan fingerprint density at radius 3 is 2.27 bits per heavy atom. The number of hydrogen-bond donors (Lipinski definition) is 1. The fourth-order valence-electron chi connectivity index (χ4n) is 1.02. The van der Waals surface area contributed by atoms with Crippen LogP contribution in [0.5, 0.6) is 5.75 Å². The fraction of sp³-hybridized carbons (Fsp3) is 0.222. The molecule has 0 amide bonds. The summed E-state index contributed by atoms with van der Waals surface area (Å²) in [5.74, 6) is -3.66. The Hall–Kier alpha value is -1.59. The van der Waals surface area contributed by atoms with Gasteiger partial charge in [-0.25, -0.2) is 4.39 Å². The molecule has 0 saturated carbocycles. The van der Waals surface area contributed by atoms with Gasteiger partial charge in [-0.3, -0.25) is 4.79 Å². The van der Waals surface area contributed by atoms with E-state index in [1.54, 1.807) is 0 Å². The predicted molar refractivity (Wildman–Crippen MR) is 43.1 cm³/mol. The van der Waals surface area contributed by atoms with Crippen LogP contribution < -0.4 is 0 Å². The normalized spacial score (nSPS) is 11.5. The van der Waals surface area contributed by atoms with Gasteiger partial charge in [0.25, 0.3) is 0 Å². The Kier molecular flexibility index (Phi) is 2.70. The van der Waals surface area contributed by atoms with E-state index in [1.165, 1.54) is 0 Å². The van der Waals surface area contributed by atoms with Gasteiger partial charge in [-0.05, 0) is 19.1 Å². The van der Waals surface area contributed by atoms with Gasteiger partial charge in [-0.15, -0.1) is 0 Å². The Balaban J connectivity index is 3.45. The first-order valence-corrected chi connectivity index (χ1v) is 3.84. The number of aromatic hydroxyl groups is 1. The highest BCUT2D eigenvalue weighted by atomic mass is 19.4. The van der Waals surface area contributed by atoms with Gasteiger partial charge in [0.2, 0.25) is 0 Å². The average Bonchev–Trinajstić information content (AvgIpc) is 2.06. The van der Waals surface area contributed by atoms with E-state index in [2.05, 4.69) is 0 Å². The molecule has 2 nitrogen and oxygen atoms in total. The van der Waals surface area contributed by atoms with Crippen molar-refractivity contribution in [2.45, 2.75) is 13.1 Å². The van der Waals surface area contributed by atoms with Crippen LogP contribution >= 0.6 is 0 Å². The van der Waals surface area contributed by atoms with E-state index in [0.29, 0.717) is 12.1 Å². The maximum Gasteiger partial charge on any atom is 0.420 e. The van der Waals surface area contributed by atoms with Crippen LogP contribution in [0.1, 0.15) is 22.8 Å². The molecule has 0 aliphatic heterocycles. The molecule has 0 bridgehead atoms. The zero-order chi connectivity index (χ0) is 11.8. The van der Waals surface area contributed by atoms with Crippen molar-refractivity contribution in [1.82, 2.24) is 0 Å². The second-order valence-electron chi connectivity index (χ2n) is 2.91. The van der Waals surface area contributed by atoms with Crippen LogP contribution in [0.15, 0.2) is 12.1 Å². The SMILES string of the molecule is CC(=O)c1cc(F)c(O)c(C(F)(F)F)c1. The number of alkyl halides is 3. The molecule has 15 heavy (non-hydrogen) atoms. The van der Waals surface area contributed by atoms with Crippen molar-refractivity contribution in [3.05, 3.63) is 29.1 Å². The first-order valence-electron chi connectivity index (χ1n) is 3.84. The lowest BCUT2D eigenvalue weighted by Gasteiger charge is -2.10. The molecule has 1 N–H and O–H groups in total. The van der Waals surface area contributed by atoms with Gasteiger partial charge in [0, 0.05) is 5.56 Å². The van der Waals surface area contributed by atoms with Crippen molar-refractivity contribution < 1.29 is 27.5 Å². The summed E-state index contributed by atoms with van der Waals surface area (Å²) >= 11 is 0. The van der Waals surface area contributed by atoms with Gasteiger partial charge in [0.05, 0.1) is 0 Å². The third-order valence-corrected chi connectivity index (χ3v) is 1.78. The van der Waals surface area contributed by atoms with Gasteiger partial charge in [0.15, 0.2) is 17.3 Å². The topological polar surface area (TPSA) is 37.3 Å². The van der Waals surface area contributed by atoms with Crippen molar-refractivity contribution in [3.63, 3.8) is 0 Å². The van der Waals surface area contributed by atoms with Gasteiger partial charge in [-0.1, -0.05) is 0 Å². The molecule has 0 radical (unpaired) electrons. The summed E-state index contributed by atoms with van der Waals surface area (Å²) in [5, 5.41) is 8.83. The molecule has 0 spiro atoms. The van der Waals surface area contributed by atoms with Crippen LogP contribution in [-0.2, 0) is 6.18 Å². The molecule has 0 fully saturated rings.